The van der Waals surface area contributed by atoms with Gasteiger partial charge in [-0.15, -0.1) is 0 Å². The highest BCUT2D eigenvalue weighted by Crippen LogP contribution is 2.38. The molecule has 0 spiro atoms. The monoisotopic (exact) mass is 321 g/mol. The smallest absolute Gasteiger partial charge is 0.0576 e. The second-order valence-electron chi connectivity index (χ2n) is 6.71. The average Bonchev–Trinajstić information content (AvgIpc) is 2.96. The lowest BCUT2D eigenvalue weighted by Gasteiger charge is -2.16. The summed E-state index contributed by atoms with van der Waals surface area (Å²) in [5, 5.41) is 3.99. The molecule has 5 aromatic rings. The first-order valence-electron chi connectivity index (χ1n) is 8.74. The predicted octanol–water partition coefficient (Wildman–Crippen LogP) is 6.53. The molecule has 2 aromatic heterocycles. The number of aryl methyl sites for hydroxylation is 2. The minimum absolute atomic E-state index is 1.26. The Labute approximate surface area is 147 Å². The first-order chi connectivity index (χ1) is 12.3. The molecule has 120 valence electrons. The number of benzene rings is 3. The van der Waals surface area contributed by atoms with E-state index in [4.69, 9.17) is 0 Å². The van der Waals surface area contributed by atoms with Gasteiger partial charge in [0.1, 0.15) is 0 Å². The van der Waals surface area contributed by atoms with Gasteiger partial charge >= 0.3 is 0 Å². The Bertz CT molecular complexity index is 1240. The highest BCUT2D eigenvalue weighted by molar-refractivity contribution is 6.09. The molecule has 25 heavy (non-hydrogen) atoms. The second kappa shape index (κ2) is 5.22. The summed E-state index contributed by atoms with van der Waals surface area (Å²) >= 11 is 0. The molecule has 1 nitrogen and oxygen atoms in total. The number of para-hydroxylation sites is 1. The van der Waals surface area contributed by atoms with Gasteiger partial charge in [-0.25, -0.2) is 0 Å². The molecule has 0 aliphatic carbocycles. The number of pyridine rings is 1. The van der Waals surface area contributed by atoms with Gasteiger partial charge in [-0.3, -0.25) is 0 Å². The van der Waals surface area contributed by atoms with Crippen LogP contribution in [0, 0.1) is 13.8 Å². The molecule has 0 aliphatic rings. The number of hydrogen-bond acceptors (Lipinski definition) is 0. The Morgan fingerprint density at radius 1 is 0.560 bits per heavy atom. The average molecular weight is 321 g/mol. The normalized spacial score (nSPS) is 11.6. The summed E-state index contributed by atoms with van der Waals surface area (Å²) in [5.41, 5.74) is 7.83. The highest BCUT2D eigenvalue weighted by atomic mass is 14.9. The Balaban J connectivity index is 2.15. The molecule has 0 saturated heterocycles. The zero-order valence-corrected chi connectivity index (χ0v) is 14.5. The largest absolute Gasteiger partial charge is 0.308 e. The molecule has 0 unspecified atom stereocenters. The van der Waals surface area contributed by atoms with Gasteiger partial charge in [-0.05, 0) is 42.0 Å². The fourth-order valence-electron chi connectivity index (χ4n) is 4.21. The van der Waals surface area contributed by atoms with Crippen LogP contribution in [-0.2, 0) is 0 Å². The van der Waals surface area contributed by atoms with Crippen LogP contribution in [0.5, 0.6) is 0 Å². The van der Waals surface area contributed by atoms with Crippen molar-refractivity contribution >= 4 is 27.2 Å². The number of rotatable bonds is 1. The van der Waals surface area contributed by atoms with Crippen molar-refractivity contribution in [3.63, 3.8) is 0 Å². The van der Waals surface area contributed by atoms with Crippen molar-refractivity contribution in [3.05, 3.63) is 90.0 Å². The maximum atomic E-state index is 2.46. The van der Waals surface area contributed by atoms with Gasteiger partial charge in [0, 0.05) is 10.8 Å². The Morgan fingerprint density at radius 2 is 1.16 bits per heavy atom. The molecule has 0 N–H and O–H groups in total. The van der Waals surface area contributed by atoms with Crippen LogP contribution < -0.4 is 0 Å². The lowest BCUT2D eigenvalue weighted by molar-refractivity contribution is 1.23. The third-order valence-corrected chi connectivity index (χ3v) is 5.34. The quantitative estimate of drug-likeness (QED) is 0.330. The van der Waals surface area contributed by atoms with Crippen LogP contribution >= 0.6 is 0 Å². The summed E-state index contributed by atoms with van der Waals surface area (Å²) in [4.78, 5) is 0. The molecule has 0 aliphatic heterocycles. The van der Waals surface area contributed by atoms with Gasteiger partial charge in [-0.2, -0.15) is 0 Å². The summed E-state index contributed by atoms with van der Waals surface area (Å²) in [6.45, 7) is 4.49. The fourth-order valence-corrected chi connectivity index (χ4v) is 4.21. The molecular formula is C24H19N. The van der Waals surface area contributed by atoms with E-state index in [1.807, 2.05) is 0 Å². The first-order valence-corrected chi connectivity index (χ1v) is 8.74. The number of nitrogens with zero attached hydrogens (tertiary/aromatic N) is 1. The van der Waals surface area contributed by atoms with E-state index >= 15 is 0 Å². The third-order valence-electron chi connectivity index (χ3n) is 5.34. The maximum absolute atomic E-state index is 2.46. The van der Waals surface area contributed by atoms with Gasteiger partial charge in [-0.1, -0.05) is 72.8 Å². The van der Waals surface area contributed by atoms with Crippen LogP contribution in [0.1, 0.15) is 11.1 Å². The molecule has 0 amide bonds. The van der Waals surface area contributed by atoms with Crippen molar-refractivity contribution in [1.82, 2.24) is 4.40 Å². The third kappa shape index (κ3) is 1.90. The maximum Gasteiger partial charge on any atom is 0.0576 e. The standard InChI is InChI=1S/C24H19N/c1-16-19-12-6-7-14-21(19)24-17(2)20-13-8-9-15-22(20)25(24)23(16)18-10-4-3-5-11-18/h3-15H,1-2H3. The number of aromatic nitrogens is 1. The van der Waals surface area contributed by atoms with Crippen molar-refractivity contribution in [2.45, 2.75) is 13.8 Å². The summed E-state index contributed by atoms with van der Waals surface area (Å²) < 4.78 is 2.46. The second-order valence-corrected chi connectivity index (χ2v) is 6.71. The molecular weight excluding hydrogens is 302 g/mol. The van der Waals surface area contributed by atoms with E-state index in [9.17, 15) is 0 Å². The van der Waals surface area contributed by atoms with E-state index in [-0.39, 0.29) is 0 Å². The molecule has 3 aromatic carbocycles. The Morgan fingerprint density at radius 3 is 1.92 bits per heavy atom. The van der Waals surface area contributed by atoms with Crippen LogP contribution in [0.15, 0.2) is 78.9 Å². The first kappa shape index (κ1) is 14.3. The van der Waals surface area contributed by atoms with Crippen molar-refractivity contribution < 1.29 is 0 Å². The van der Waals surface area contributed by atoms with E-state index in [0.717, 1.165) is 0 Å². The van der Waals surface area contributed by atoms with Gasteiger partial charge in [0.2, 0.25) is 0 Å². The fraction of sp³-hybridized carbons (Fsp3) is 0.0833. The molecule has 0 atom stereocenters. The van der Waals surface area contributed by atoms with Crippen molar-refractivity contribution in [1.29, 1.82) is 0 Å². The SMILES string of the molecule is Cc1c(-c2ccccc2)n2c3ccccc3c(C)c2c2ccccc12. The van der Waals surface area contributed by atoms with Crippen LogP contribution in [0.25, 0.3) is 38.4 Å². The summed E-state index contributed by atoms with van der Waals surface area (Å²) in [7, 11) is 0. The topological polar surface area (TPSA) is 4.41 Å². The van der Waals surface area contributed by atoms with Gasteiger partial charge in [0.15, 0.2) is 0 Å². The number of hydrogen-bond donors (Lipinski definition) is 0. The molecule has 0 radical (unpaired) electrons. The van der Waals surface area contributed by atoms with E-state index in [0.29, 0.717) is 0 Å². The van der Waals surface area contributed by atoms with Crippen LogP contribution in [0.4, 0.5) is 0 Å². The zero-order valence-electron chi connectivity index (χ0n) is 14.5. The van der Waals surface area contributed by atoms with E-state index in [2.05, 4.69) is 97.1 Å². The van der Waals surface area contributed by atoms with Crippen molar-refractivity contribution in [3.8, 4) is 11.3 Å². The molecule has 0 bridgehead atoms. The predicted molar refractivity (Wildman–Crippen MR) is 107 cm³/mol. The van der Waals surface area contributed by atoms with Crippen LogP contribution in [0.2, 0.25) is 0 Å². The lowest BCUT2D eigenvalue weighted by Crippen LogP contribution is -1.98. The molecule has 0 fully saturated rings. The summed E-state index contributed by atoms with van der Waals surface area (Å²) in [6.07, 6.45) is 0. The van der Waals surface area contributed by atoms with Crippen LogP contribution in [-0.4, -0.2) is 4.40 Å². The van der Waals surface area contributed by atoms with Crippen molar-refractivity contribution in [2.75, 3.05) is 0 Å². The Kier molecular flexibility index (Phi) is 2.98. The van der Waals surface area contributed by atoms with E-state index in [1.165, 1.54) is 49.6 Å². The highest BCUT2D eigenvalue weighted by Gasteiger charge is 2.18. The molecule has 2 heterocycles. The summed E-state index contributed by atoms with van der Waals surface area (Å²) in [5.74, 6) is 0. The zero-order chi connectivity index (χ0) is 17.0. The Hall–Kier alpha value is -3.06. The van der Waals surface area contributed by atoms with Gasteiger partial charge in [0.25, 0.3) is 0 Å². The minimum atomic E-state index is 1.26. The minimum Gasteiger partial charge on any atom is -0.308 e. The lowest BCUT2D eigenvalue weighted by atomic mass is 9.99. The molecule has 5 rings (SSSR count). The van der Waals surface area contributed by atoms with E-state index in [1.54, 1.807) is 0 Å². The summed E-state index contributed by atoms with van der Waals surface area (Å²) in [6, 6.07) is 28.2. The van der Waals surface area contributed by atoms with Gasteiger partial charge in [0.05, 0.1) is 16.7 Å². The van der Waals surface area contributed by atoms with Gasteiger partial charge < -0.3 is 4.40 Å². The molecule has 1 heteroatoms. The molecule has 0 saturated carbocycles. The van der Waals surface area contributed by atoms with Crippen molar-refractivity contribution in [2.24, 2.45) is 0 Å². The number of fused-ring (bicyclic) bond motifs is 5. The van der Waals surface area contributed by atoms with Crippen LogP contribution in [0.3, 0.4) is 0 Å². The van der Waals surface area contributed by atoms with E-state index < -0.39 is 0 Å².